The van der Waals surface area contributed by atoms with Crippen molar-refractivity contribution in [3.8, 4) is 0 Å². The van der Waals surface area contributed by atoms with Gasteiger partial charge in [-0.15, -0.1) is 0 Å². The molecule has 3 nitrogen and oxygen atoms in total. The Hall–Kier alpha value is -0.226. The van der Waals surface area contributed by atoms with Crippen molar-refractivity contribution in [2.75, 3.05) is 6.54 Å². The fraction of sp³-hybridized carbons (Fsp3) is 0.917. The maximum Gasteiger partial charge on any atom is 0.234 e. The molecule has 0 aliphatic carbocycles. The van der Waals surface area contributed by atoms with Crippen LogP contribution in [0.25, 0.3) is 0 Å². The predicted molar refractivity (Wildman–Crippen MR) is 76.1 cm³/mol. The molecule has 0 rings (SSSR count). The highest BCUT2D eigenvalue weighted by molar-refractivity contribution is 6.71. The van der Waals surface area contributed by atoms with Crippen LogP contribution in [0.15, 0.2) is 4.99 Å². The van der Waals surface area contributed by atoms with E-state index in [9.17, 15) is 4.79 Å². The minimum Gasteiger partial charge on any atom is -0.415 e. The van der Waals surface area contributed by atoms with E-state index in [-0.39, 0.29) is 0 Å². The Morgan fingerprint density at radius 2 is 1.94 bits per heavy atom. The van der Waals surface area contributed by atoms with Gasteiger partial charge < -0.3 is 4.43 Å². The van der Waals surface area contributed by atoms with Gasteiger partial charge in [0.05, 0.1) is 6.54 Å². The molecule has 0 bridgehead atoms. The molecule has 0 N–H and O–H groups in total. The van der Waals surface area contributed by atoms with Gasteiger partial charge in [-0.1, -0.05) is 18.5 Å². The van der Waals surface area contributed by atoms with Gasteiger partial charge in [0.2, 0.25) is 6.08 Å². The Morgan fingerprint density at radius 1 is 1.29 bits per heavy atom. The molecule has 0 aromatic carbocycles. The SMILES string of the molecule is CC(C)O[Si](C)(C)CCC[Si]CCCN=C=O. The van der Waals surface area contributed by atoms with Gasteiger partial charge in [0.15, 0.2) is 8.32 Å². The van der Waals surface area contributed by atoms with Crippen LogP contribution in [0.5, 0.6) is 0 Å². The zero-order valence-electron chi connectivity index (χ0n) is 11.6. The lowest BCUT2D eigenvalue weighted by molar-refractivity contribution is 0.231. The summed E-state index contributed by atoms with van der Waals surface area (Å²) >= 11 is 0. The first-order valence-electron chi connectivity index (χ1n) is 6.40. The summed E-state index contributed by atoms with van der Waals surface area (Å²) in [5, 5.41) is 0. The van der Waals surface area contributed by atoms with E-state index in [1.807, 2.05) is 0 Å². The standard InChI is InChI=1S/C12H25NO2Si2/c1-12(2)15-17(3,4)10-6-9-16-8-5-7-13-11-14/h12H,5-10H2,1-4H3. The number of isocyanates is 1. The summed E-state index contributed by atoms with van der Waals surface area (Å²) in [6, 6.07) is 3.74. The molecular weight excluding hydrogens is 246 g/mol. The molecule has 98 valence electrons. The molecule has 17 heavy (non-hydrogen) atoms. The van der Waals surface area contributed by atoms with E-state index >= 15 is 0 Å². The number of carbonyl (C=O) groups excluding carboxylic acids is 1. The van der Waals surface area contributed by atoms with Crippen LogP contribution in [0.1, 0.15) is 26.7 Å². The van der Waals surface area contributed by atoms with Crippen LogP contribution in [0.2, 0.25) is 31.2 Å². The molecule has 0 aliphatic heterocycles. The summed E-state index contributed by atoms with van der Waals surface area (Å²) in [5.41, 5.74) is 0. The average molecular weight is 272 g/mol. The van der Waals surface area contributed by atoms with E-state index in [0.717, 1.165) is 15.9 Å². The molecule has 0 amide bonds. The van der Waals surface area contributed by atoms with Crippen molar-refractivity contribution in [2.45, 2.75) is 64.0 Å². The molecule has 0 aromatic rings. The van der Waals surface area contributed by atoms with Gasteiger partial charge in [-0.05, 0) is 39.4 Å². The molecule has 0 spiro atoms. The van der Waals surface area contributed by atoms with Crippen LogP contribution in [0.3, 0.4) is 0 Å². The Bertz CT molecular complexity index is 239. The zero-order chi connectivity index (χ0) is 13.1. The van der Waals surface area contributed by atoms with Gasteiger partial charge in [-0.2, -0.15) is 0 Å². The van der Waals surface area contributed by atoms with Crippen LogP contribution in [0, 0.1) is 0 Å². The second-order valence-electron chi connectivity index (χ2n) is 5.11. The molecule has 0 heterocycles. The Balaban J connectivity index is 3.41. The third-order valence-corrected chi connectivity index (χ3v) is 6.46. The molecule has 0 saturated heterocycles. The first-order chi connectivity index (χ1) is 7.98. The highest BCUT2D eigenvalue weighted by atomic mass is 28.4. The minimum absolute atomic E-state index is 0.361. The first-order valence-corrected chi connectivity index (χ1v) is 10.9. The maximum absolute atomic E-state index is 9.84. The molecule has 0 fully saturated rings. The molecule has 0 saturated carbocycles. The Kier molecular flexibility index (Phi) is 9.64. The van der Waals surface area contributed by atoms with E-state index in [4.69, 9.17) is 4.43 Å². The smallest absolute Gasteiger partial charge is 0.234 e. The van der Waals surface area contributed by atoms with E-state index in [2.05, 4.69) is 31.9 Å². The largest absolute Gasteiger partial charge is 0.415 e. The lowest BCUT2D eigenvalue weighted by atomic mass is 10.5. The summed E-state index contributed by atoms with van der Waals surface area (Å²) in [7, 11) is -0.411. The predicted octanol–water partition coefficient (Wildman–Crippen LogP) is 3.27. The number of hydrogen-bond donors (Lipinski definition) is 0. The number of nitrogens with zero attached hydrogens (tertiary/aromatic N) is 1. The van der Waals surface area contributed by atoms with Gasteiger partial charge in [-0.3, -0.25) is 0 Å². The summed E-state index contributed by atoms with van der Waals surface area (Å²) in [6.07, 6.45) is 4.24. The second-order valence-corrected chi connectivity index (χ2v) is 10.9. The second kappa shape index (κ2) is 9.77. The highest BCUT2D eigenvalue weighted by Crippen LogP contribution is 2.17. The average Bonchev–Trinajstić information content (AvgIpc) is 2.20. The summed E-state index contributed by atoms with van der Waals surface area (Å²) in [4.78, 5) is 13.4. The Morgan fingerprint density at radius 3 is 2.53 bits per heavy atom. The fourth-order valence-electron chi connectivity index (χ4n) is 1.79. The topological polar surface area (TPSA) is 38.7 Å². The van der Waals surface area contributed by atoms with Crippen LogP contribution >= 0.6 is 0 Å². The molecule has 0 unspecified atom stereocenters. The summed E-state index contributed by atoms with van der Waals surface area (Å²) in [6.45, 7) is 9.48. The van der Waals surface area contributed by atoms with Crippen molar-refractivity contribution in [3.63, 3.8) is 0 Å². The molecule has 2 radical (unpaired) electrons. The highest BCUT2D eigenvalue weighted by Gasteiger charge is 2.22. The molecule has 0 aliphatic rings. The fourth-order valence-corrected chi connectivity index (χ4v) is 5.65. The summed E-state index contributed by atoms with van der Waals surface area (Å²) in [5.74, 6) is 0. The van der Waals surface area contributed by atoms with Crippen molar-refractivity contribution in [2.24, 2.45) is 4.99 Å². The van der Waals surface area contributed by atoms with E-state index in [1.165, 1.54) is 24.6 Å². The van der Waals surface area contributed by atoms with Gasteiger partial charge in [0, 0.05) is 15.6 Å². The van der Waals surface area contributed by atoms with E-state index in [1.54, 1.807) is 6.08 Å². The van der Waals surface area contributed by atoms with Crippen LogP contribution < -0.4 is 0 Å². The number of hydrogen-bond acceptors (Lipinski definition) is 3. The lowest BCUT2D eigenvalue weighted by Crippen LogP contribution is -2.33. The minimum atomic E-state index is -1.41. The molecule has 0 aromatic heterocycles. The molecule has 5 heteroatoms. The number of rotatable bonds is 10. The Labute approximate surface area is 109 Å². The quantitative estimate of drug-likeness (QED) is 0.265. The van der Waals surface area contributed by atoms with Gasteiger partial charge in [-0.25, -0.2) is 9.79 Å². The van der Waals surface area contributed by atoms with Crippen LogP contribution in [-0.4, -0.2) is 36.6 Å². The zero-order valence-corrected chi connectivity index (χ0v) is 13.6. The summed E-state index contributed by atoms with van der Waals surface area (Å²) < 4.78 is 5.98. The van der Waals surface area contributed by atoms with Crippen LogP contribution in [-0.2, 0) is 9.22 Å². The van der Waals surface area contributed by atoms with Crippen molar-refractivity contribution < 1.29 is 9.22 Å². The van der Waals surface area contributed by atoms with Crippen molar-refractivity contribution >= 4 is 23.9 Å². The van der Waals surface area contributed by atoms with E-state index in [0.29, 0.717) is 12.6 Å². The van der Waals surface area contributed by atoms with Crippen molar-refractivity contribution in [3.05, 3.63) is 0 Å². The van der Waals surface area contributed by atoms with Crippen molar-refractivity contribution in [1.29, 1.82) is 0 Å². The van der Waals surface area contributed by atoms with Crippen molar-refractivity contribution in [1.82, 2.24) is 0 Å². The lowest BCUT2D eigenvalue weighted by Gasteiger charge is -2.25. The third kappa shape index (κ3) is 12.0. The van der Waals surface area contributed by atoms with Gasteiger partial charge >= 0.3 is 0 Å². The first kappa shape index (κ1) is 16.8. The normalized spacial score (nSPS) is 11.6. The van der Waals surface area contributed by atoms with Crippen LogP contribution in [0.4, 0.5) is 0 Å². The monoisotopic (exact) mass is 271 g/mol. The maximum atomic E-state index is 9.84. The molecule has 0 atom stereocenters. The van der Waals surface area contributed by atoms with E-state index < -0.39 is 8.32 Å². The third-order valence-electron chi connectivity index (χ3n) is 2.38. The van der Waals surface area contributed by atoms with Gasteiger partial charge in [0.25, 0.3) is 0 Å². The van der Waals surface area contributed by atoms with Gasteiger partial charge in [0.1, 0.15) is 0 Å². The molecular formula is C12H25NO2Si2. The number of aliphatic imine (C=N–C) groups is 1.